The maximum Gasteiger partial charge on any atom is 0.433 e. The first kappa shape index (κ1) is 18.1. The third-order valence-electron chi connectivity index (χ3n) is 3.36. The number of aromatic nitrogens is 3. The van der Waals surface area contributed by atoms with Crippen molar-refractivity contribution in [2.24, 2.45) is 0 Å². The van der Waals surface area contributed by atoms with Gasteiger partial charge in [-0.25, -0.2) is 9.97 Å². The topological polar surface area (TPSA) is 59.9 Å². The third-order valence-corrected chi connectivity index (χ3v) is 3.85. The molecule has 0 unspecified atom stereocenters. The van der Waals surface area contributed by atoms with E-state index in [4.69, 9.17) is 4.74 Å². The van der Waals surface area contributed by atoms with Crippen LogP contribution in [-0.4, -0.2) is 22.1 Å². The van der Waals surface area contributed by atoms with E-state index in [1.807, 2.05) is 0 Å². The molecule has 0 aliphatic carbocycles. The highest BCUT2D eigenvalue weighted by Gasteiger charge is 2.34. The van der Waals surface area contributed by atoms with E-state index in [1.165, 1.54) is 19.5 Å². The van der Waals surface area contributed by atoms with E-state index in [2.05, 4.69) is 36.2 Å². The van der Waals surface area contributed by atoms with E-state index < -0.39 is 11.9 Å². The normalized spacial score (nSPS) is 11.3. The van der Waals surface area contributed by atoms with Gasteiger partial charge in [0.2, 0.25) is 0 Å². The molecule has 5 nitrogen and oxygen atoms in total. The van der Waals surface area contributed by atoms with Gasteiger partial charge in [-0.1, -0.05) is 15.9 Å². The standard InChI is InChI=1S/C17H12BrF3N4O/c1-26-13-5-4-11(18)7-12(13)23-15-8-14(17(19,20)21)24-16(25-15)10-3-2-6-22-9-10/h2-9H,1H3,(H,23,24,25). The molecular formula is C17H12BrF3N4O. The molecule has 9 heteroatoms. The van der Waals surface area contributed by atoms with Crippen molar-refractivity contribution in [2.45, 2.75) is 6.18 Å². The van der Waals surface area contributed by atoms with Gasteiger partial charge in [0.15, 0.2) is 11.5 Å². The van der Waals surface area contributed by atoms with Gasteiger partial charge in [-0.3, -0.25) is 4.98 Å². The van der Waals surface area contributed by atoms with Gasteiger partial charge in [0.1, 0.15) is 11.6 Å². The smallest absolute Gasteiger partial charge is 0.433 e. The number of benzene rings is 1. The van der Waals surface area contributed by atoms with Crippen LogP contribution in [0.15, 0.2) is 53.3 Å². The summed E-state index contributed by atoms with van der Waals surface area (Å²) in [6.45, 7) is 0. The Morgan fingerprint density at radius 3 is 2.58 bits per heavy atom. The van der Waals surface area contributed by atoms with Crippen molar-refractivity contribution in [3.05, 3.63) is 59.0 Å². The van der Waals surface area contributed by atoms with Gasteiger partial charge in [0, 0.05) is 28.5 Å². The summed E-state index contributed by atoms with van der Waals surface area (Å²) in [5.41, 5.74) is -0.212. The predicted molar refractivity (Wildman–Crippen MR) is 94.2 cm³/mol. The zero-order valence-corrected chi connectivity index (χ0v) is 15.0. The number of pyridine rings is 1. The molecular weight excluding hydrogens is 413 g/mol. The van der Waals surface area contributed by atoms with Gasteiger partial charge in [-0.05, 0) is 30.3 Å². The Morgan fingerprint density at radius 1 is 1.12 bits per heavy atom. The summed E-state index contributed by atoms with van der Waals surface area (Å²) >= 11 is 3.32. The van der Waals surface area contributed by atoms with Crippen LogP contribution in [0.25, 0.3) is 11.4 Å². The molecule has 0 radical (unpaired) electrons. The van der Waals surface area contributed by atoms with E-state index >= 15 is 0 Å². The Labute approximate surface area is 155 Å². The molecule has 0 saturated heterocycles. The Balaban J connectivity index is 2.08. The van der Waals surface area contributed by atoms with Gasteiger partial charge in [0.25, 0.3) is 0 Å². The van der Waals surface area contributed by atoms with Crippen LogP contribution in [0.5, 0.6) is 5.75 Å². The van der Waals surface area contributed by atoms with Crippen LogP contribution in [0.1, 0.15) is 5.69 Å². The fourth-order valence-corrected chi connectivity index (χ4v) is 2.56. The first-order valence-corrected chi connectivity index (χ1v) is 8.13. The first-order chi connectivity index (χ1) is 12.4. The number of hydrogen-bond donors (Lipinski definition) is 1. The number of nitrogens with one attached hydrogen (secondary N) is 1. The minimum Gasteiger partial charge on any atom is -0.495 e. The third kappa shape index (κ3) is 4.10. The lowest BCUT2D eigenvalue weighted by molar-refractivity contribution is -0.141. The van der Waals surface area contributed by atoms with E-state index in [1.54, 1.807) is 30.3 Å². The highest BCUT2D eigenvalue weighted by atomic mass is 79.9. The van der Waals surface area contributed by atoms with Gasteiger partial charge in [-0.15, -0.1) is 0 Å². The predicted octanol–water partition coefficient (Wildman–Crippen LogP) is 5.07. The molecule has 3 rings (SSSR count). The maximum atomic E-state index is 13.2. The molecule has 0 fully saturated rings. The zero-order chi connectivity index (χ0) is 18.7. The summed E-state index contributed by atoms with van der Waals surface area (Å²) in [7, 11) is 1.47. The van der Waals surface area contributed by atoms with Crippen molar-refractivity contribution in [2.75, 3.05) is 12.4 Å². The lowest BCUT2D eigenvalue weighted by atomic mass is 10.2. The number of methoxy groups -OCH3 is 1. The van der Waals surface area contributed by atoms with Crippen LogP contribution < -0.4 is 10.1 Å². The molecule has 1 N–H and O–H groups in total. The first-order valence-electron chi connectivity index (χ1n) is 7.34. The Morgan fingerprint density at radius 2 is 1.92 bits per heavy atom. The lowest BCUT2D eigenvalue weighted by Gasteiger charge is -2.14. The lowest BCUT2D eigenvalue weighted by Crippen LogP contribution is -2.11. The number of hydrogen-bond acceptors (Lipinski definition) is 5. The monoisotopic (exact) mass is 424 g/mol. The molecule has 2 heterocycles. The van der Waals surface area contributed by atoms with Crippen molar-refractivity contribution in [1.82, 2.24) is 15.0 Å². The summed E-state index contributed by atoms with van der Waals surface area (Å²) in [6, 6.07) is 9.15. The van der Waals surface area contributed by atoms with Crippen LogP contribution in [0, 0.1) is 0 Å². The molecule has 0 saturated carbocycles. The number of alkyl halides is 3. The molecule has 0 amide bonds. The highest BCUT2D eigenvalue weighted by Crippen LogP contribution is 2.34. The zero-order valence-electron chi connectivity index (χ0n) is 13.4. The van der Waals surface area contributed by atoms with E-state index in [9.17, 15) is 13.2 Å². The molecule has 0 spiro atoms. The quantitative estimate of drug-likeness (QED) is 0.633. The average molecular weight is 425 g/mol. The molecule has 1 aromatic carbocycles. The van der Waals surface area contributed by atoms with Crippen LogP contribution in [0.3, 0.4) is 0 Å². The fraction of sp³-hybridized carbons (Fsp3) is 0.118. The van der Waals surface area contributed by atoms with Crippen LogP contribution >= 0.6 is 15.9 Å². The largest absolute Gasteiger partial charge is 0.495 e. The van der Waals surface area contributed by atoms with E-state index in [-0.39, 0.29) is 11.6 Å². The molecule has 3 aromatic rings. The van der Waals surface area contributed by atoms with E-state index in [0.717, 1.165) is 10.5 Å². The molecule has 26 heavy (non-hydrogen) atoms. The number of rotatable bonds is 4. The summed E-state index contributed by atoms with van der Waals surface area (Å²) < 4.78 is 45.7. The number of halogens is 4. The fourth-order valence-electron chi connectivity index (χ4n) is 2.20. The molecule has 0 aliphatic rings. The molecule has 0 bridgehead atoms. The van der Waals surface area contributed by atoms with Crippen molar-refractivity contribution in [3.8, 4) is 17.1 Å². The van der Waals surface area contributed by atoms with Gasteiger partial charge in [-0.2, -0.15) is 13.2 Å². The van der Waals surface area contributed by atoms with Gasteiger partial charge in [0.05, 0.1) is 12.8 Å². The number of nitrogens with zero attached hydrogens (tertiary/aromatic N) is 3. The molecule has 0 atom stereocenters. The second-order valence-electron chi connectivity index (χ2n) is 5.17. The van der Waals surface area contributed by atoms with Crippen LogP contribution in [0.2, 0.25) is 0 Å². The summed E-state index contributed by atoms with van der Waals surface area (Å²) in [5.74, 6) is 0.371. The minimum atomic E-state index is -4.61. The Hall–Kier alpha value is -2.68. The number of ether oxygens (including phenoxy) is 1. The molecule has 0 aliphatic heterocycles. The van der Waals surface area contributed by atoms with Crippen molar-refractivity contribution >= 4 is 27.4 Å². The second-order valence-corrected chi connectivity index (χ2v) is 6.09. The van der Waals surface area contributed by atoms with E-state index in [0.29, 0.717) is 17.0 Å². The van der Waals surface area contributed by atoms with Gasteiger partial charge >= 0.3 is 6.18 Å². The molecule has 2 aromatic heterocycles. The SMILES string of the molecule is COc1ccc(Br)cc1Nc1cc(C(F)(F)F)nc(-c2cccnc2)n1. The van der Waals surface area contributed by atoms with Crippen LogP contribution in [0.4, 0.5) is 24.7 Å². The molecule has 134 valence electrons. The van der Waals surface area contributed by atoms with Crippen molar-refractivity contribution in [3.63, 3.8) is 0 Å². The average Bonchev–Trinajstić information content (AvgIpc) is 2.62. The highest BCUT2D eigenvalue weighted by molar-refractivity contribution is 9.10. The Kier molecular flexibility index (Phi) is 5.08. The van der Waals surface area contributed by atoms with Crippen LogP contribution in [-0.2, 0) is 6.18 Å². The summed E-state index contributed by atoms with van der Waals surface area (Å²) in [5, 5.41) is 2.86. The summed E-state index contributed by atoms with van der Waals surface area (Å²) in [4.78, 5) is 11.7. The van der Waals surface area contributed by atoms with Gasteiger partial charge < -0.3 is 10.1 Å². The van der Waals surface area contributed by atoms with Crippen molar-refractivity contribution in [1.29, 1.82) is 0 Å². The maximum absolute atomic E-state index is 13.2. The Bertz CT molecular complexity index is 920. The van der Waals surface area contributed by atoms with Crippen molar-refractivity contribution < 1.29 is 17.9 Å². The summed E-state index contributed by atoms with van der Waals surface area (Å²) in [6.07, 6.45) is -1.70. The second kappa shape index (κ2) is 7.28. The number of anilines is 2. The minimum absolute atomic E-state index is 0.0115.